The quantitative estimate of drug-likeness (QED) is 0.866. The number of hydrogen-bond acceptors (Lipinski definition) is 4. The van der Waals surface area contributed by atoms with Gasteiger partial charge in [-0.2, -0.15) is 0 Å². The van der Waals surface area contributed by atoms with Gasteiger partial charge in [0.2, 0.25) is 0 Å². The van der Waals surface area contributed by atoms with Crippen molar-refractivity contribution in [2.24, 2.45) is 0 Å². The van der Waals surface area contributed by atoms with Crippen molar-refractivity contribution in [2.75, 3.05) is 32.8 Å². The van der Waals surface area contributed by atoms with Crippen molar-refractivity contribution >= 4 is 17.6 Å². The Kier molecular flexibility index (Phi) is 5.96. The smallest absolute Gasteiger partial charge is 0.328 e. The molecule has 1 aliphatic rings. The molecule has 1 saturated heterocycles. The Hall–Kier alpha value is -1.17. The van der Waals surface area contributed by atoms with Crippen molar-refractivity contribution in [3.05, 3.63) is 34.6 Å². The highest BCUT2D eigenvalue weighted by Crippen LogP contribution is 2.30. The largest absolute Gasteiger partial charge is 0.465 e. The summed E-state index contributed by atoms with van der Waals surface area (Å²) >= 11 is 6.14. The van der Waals surface area contributed by atoms with Crippen molar-refractivity contribution in [3.63, 3.8) is 0 Å². The Labute approximate surface area is 129 Å². The fourth-order valence-electron chi connectivity index (χ4n) is 2.54. The SMILES string of the molecule is CCOC(=O)C(c1ccc(F)cc1Cl)N1CCCNCC1. The van der Waals surface area contributed by atoms with Gasteiger partial charge in [-0.3, -0.25) is 4.90 Å². The minimum Gasteiger partial charge on any atom is -0.465 e. The molecule has 0 amide bonds. The fourth-order valence-corrected chi connectivity index (χ4v) is 2.81. The van der Waals surface area contributed by atoms with E-state index in [0.29, 0.717) is 12.2 Å². The van der Waals surface area contributed by atoms with E-state index in [9.17, 15) is 9.18 Å². The summed E-state index contributed by atoms with van der Waals surface area (Å²) in [5, 5.41) is 3.55. The molecule has 4 nitrogen and oxygen atoms in total. The predicted molar refractivity (Wildman–Crippen MR) is 79.8 cm³/mol. The van der Waals surface area contributed by atoms with E-state index < -0.39 is 11.9 Å². The van der Waals surface area contributed by atoms with Crippen LogP contribution in [-0.2, 0) is 9.53 Å². The number of rotatable bonds is 4. The maximum absolute atomic E-state index is 13.2. The fraction of sp³-hybridized carbons (Fsp3) is 0.533. The van der Waals surface area contributed by atoms with Gasteiger partial charge in [0, 0.05) is 24.7 Å². The zero-order valence-corrected chi connectivity index (χ0v) is 12.8. The molecule has 0 spiro atoms. The first kappa shape index (κ1) is 16.2. The number of carbonyl (C=O) groups excluding carboxylic acids is 1. The van der Waals surface area contributed by atoms with Gasteiger partial charge in [-0.15, -0.1) is 0 Å². The summed E-state index contributed by atoms with van der Waals surface area (Å²) in [5.74, 6) is -0.753. The first-order chi connectivity index (χ1) is 10.1. The molecule has 0 bridgehead atoms. The van der Waals surface area contributed by atoms with Crippen LogP contribution >= 0.6 is 11.6 Å². The van der Waals surface area contributed by atoms with Gasteiger partial charge in [0.05, 0.1) is 6.61 Å². The lowest BCUT2D eigenvalue weighted by Crippen LogP contribution is -2.37. The summed E-state index contributed by atoms with van der Waals surface area (Å²) < 4.78 is 18.4. The van der Waals surface area contributed by atoms with E-state index in [4.69, 9.17) is 16.3 Å². The zero-order valence-electron chi connectivity index (χ0n) is 12.1. The van der Waals surface area contributed by atoms with Crippen molar-refractivity contribution in [1.82, 2.24) is 10.2 Å². The summed E-state index contributed by atoms with van der Waals surface area (Å²) in [6, 6.07) is 3.54. The van der Waals surface area contributed by atoms with Crippen LogP contribution in [0.2, 0.25) is 5.02 Å². The molecule has 21 heavy (non-hydrogen) atoms. The van der Waals surface area contributed by atoms with E-state index in [2.05, 4.69) is 5.32 Å². The van der Waals surface area contributed by atoms with Crippen LogP contribution in [0.4, 0.5) is 4.39 Å². The second kappa shape index (κ2) is 7.73. The lowest BCUT2D eigenvalue weighted by Gasteiger charge is -2.29. The van der Waals surface area contributed by atoms with Crippen LogP contribution in [0.1, 0.15) is 24.9 Å². The zero-order chi connectivity index (χ0) is 15.2. The van der Waals surface area contributed by atoms with E-state index in [-0.39, 0.29) is 11.0 Å². The molecule has 1 atom stereocenters. The van der Waals surface area contributed by atoms with Crippen LogP contribution < -0.4 is 5.32 Å². The molecule has 0 aromatic heterocycles. The van der Waals surface area contributed by atoms with Crippen LogP contribution in [0.5, 0.6) is 0 Å². The highest BCUT2D eigenvalue weighted by atomic mass is 35.5. The third kappa shape index (κ3) is 4.15. The van der Waals surface area contributed by atoms with E-state index in [1.807, 2.05) is 4.90 Å². The van der Waals surface area contributed by atoms with Crippen LogP contribution in [0.25, 0.3) is 0 Å². The molecule has 1 heterocycles. The third-order valence-corrected chi connectivity index (χ3v) is 3.83. The van der Waals surface area contributed by atoms with Gasteiger partial charge in [-0.05, 0) is 37.6 Å². The van der Waals surface area contributed by atoms with E-state index in [1.54, 1.807) is 13.0 Å². The summed E-state index contributed by atoms with van der Waals surface area (Å²) in [4.78, 5) is 14.4. The first-order valence-electron chi connectivity index (χ1n) is 7.20. The minimum absolute atomic E-state index is 0.255. The molecule has 1 aromatic carbocycles. The topological polar surface area (TPSA) is 41.6 Å². The van der Waals surface area contributed by atoms with Gasteiger partial charge >= 0.3 is 5.97 Å². The molecule has 1 aliphatic heterocycles. The minimum atomic E-state index is -0.585. The third-order valence-electron chi connectivity index (χ3n) is 3.51. The molecular weight excluding hydrogens is 295 g/mol. The van der Waals surface area contributed by atoms with Gasteiger partial charge in [-0.25, -0.2) is 9.18 Å². The molecule has 1 unspecified atom stereocenters. The van der Waals surface area contributed by atoms with Crippen molar-refractivity contribution in [2.45, 2.75) is 19.4 Å². The van der Waals surface area contributed by atoms with Crippen LogP contribution in [-0.4, -0.2) is 43.7 Å². The standard InChI is InChI=1S/C15H20ClFN2O2/c1-2-21-15(20)14(19-8-3-6-18-7-9-19)12-5-4-11(17)10-13(12)16/h4-5,10,14,18H,2-3,6-9H2,1H3. The predicted octanol–water partition coefficient (Wildman–Crippen LogP) is 2.38. The molecule has 0 radical (unpaired) electrons. The maximum Gasteiger partial charge on any atom is 0.328 e. The van der Waals surface area contributed by atoms with E-state index in [0.717, 1.165) is 32.6 Å². The number of esters is 1. The number of nitrogens with one attached hydrogen (secondary N) is 1. The highest BCUT2D eigenvalue weighted by molar-refractivity contribution is 6.31. The Morgan fingerprint density at radius 3 is 3.00 bits per heavy atom. The summed E-state index contributed by atoms with van der Waals surface area (Å²) in [6.45, 7) is 5.28. The summed E-state index contributed by atoms with van der Waals surface area (Å²) in [6.07, 6.45) is 0.939. The Morgan fingerprint density at radius 2 is 2.29 bits per heavy atom. The van der Waals surface area contributed by atoms with E-state index >= 15 is 0 Å². The van der Waals surface area contributed by atoms with Crippen molar-refractivity contribution in [1.29, 1.82) is 0 Å². The second-order valence-electron chi connectivity index (χ2n) is 4.96. The number of halogens is 2. The Bertz CT molecular complexity index is 491. The van der Waals surface area contributed by atoms with Gasteiger partial charge in [-0.1, -0.05) is 17.7 Å². The monoisotopic (exact) mass is 314 g/mol. The summed E-state index contributed by atoms with van der Waals surface area (Å²) in [5.41, 5.74) is 0.596. The molecular formula is C15H20ClFN2O2. The lowest BCUT2D eigenvalue weighted by atomic mass is 10.0. The number of hydrogen-bond donors (Lipinski definition) is 1. The van der Waals surface area contributed by atoms with Crippen LogP contribution in [0.3, 0.4) is 0 Å². The molecule has 2 rings (SSSR count). The van der Waals surface area contributed by atoms with Gasteiger partial charge in [0.1, 0.15) is 11.9 Å². The Morgan fingerprint density at radius 1 is 1.48 bits per heavy atom. The van der Waals surface area contributed by atoms with Crippen LogP contribution in [0, 0.1) is 5.82 Å². The second-order valence-corrected chi connectivity index (χ2v) is 5.37. The van der Waals surface area contributed by atoms with Gasteiger partial charge in [0.25, 0.3) is 0 Å². The molecule has 116 valence electrons. The number of benzene rings is 1. The molecule has 1 aromatic rings. The van der Waals surface area contributed by atoms with Crippen molar-refractivity contribution < 1.29 is 13.9 Å². The van der Waals surface area contributed by atoms with Crippen LogP contribution in [0.15, 0.2) is 18.2 Å². The normalized spacial score (nSPS) is 18.0. The highest BCUT2D eigenvalue weighted by Gasteiger charge is 2.31. The number of nitrogens with zero attached hydrogens (tertiary/aromatic N) is 1. The summed E-state index contributed by atoms with van der Waals surface area (Å²) in [7, 11) is 0. The maximum atomic E-state index is 13.2. The van der Waals surface area contributed by atoms with Gasteiger partial charge in [0.15, 0.2) is 0 Å². The van der Waals surface area contributed by atoms with E-state index in [1.165, 1.54) is 12.1 Å². The molecule has 6 heteroatoms. The number of ether oxygens (including phenoxy) is 1. The average molecular weight is 315 g/mol. The molecule has 0 saturated carbocycles. The Balaban J connectivity index is 2.32. The molecule has 0 aliphatic carbocycles. The first-order valence-corrected chi connectivity index (χ1v) is 7.57. The number of carbonyl (C=O) groups is 1. The molecule has 1 N–H and O–H groups in total. The van der Waals surface area contributed by atoms with Gasteiger partial charge < -0.3 is 10.1 Å². The molecule has 1 fully saturated rings. The van der Waals surface area contributed by atoms with Crippen molar-refractivity contribution in [3.8, 4) is 0 Å². The average Bonchev–Trinajstić information content (AvgIpc) is 2.71. The lowest BCUT2D eigenvalue weighted by molar-refractivity contribution is -0.149.